The summed E-state index contributed by atoms with van der Waals surface area (Å²) in [7, 11) is -4.09. The number of halogens is 1. The number of benzene rings is 3. The van der Waals surface area contributed by atoms with Crippen molar-refractivity contribution >= 4 is 43.5 Å². The van der Waals surface area contributed by atoms with Gasteiger partial charge in [-0.3, -0.25) is 13.9 Å². The van der Waals surface area contributed by atoms with Crippen molar-refractivity contribution in [2.24, 2.45) is 0 Å². The Balaban J connectivity index is 2.03. The van der Waals surface area contributed by atoms with Crippen LogP contribution in [0, 0.1) is 13.8 Å². The summed E-state index contributed by atoms with van der Waals surface area (Å²) >= 11 is 3.42. The van der Waals surface area contributed by atoms with Crippen molar-refractivity contribution in [2.45, 2.75) is 64.6 Å². The molecule has 0 fully saturated rings. The van der Waals surface area contributed by atoms with Crippen LogP contribution in [0.3, 0.4) is 0 Å². The molecule has 0 radical (unpaired) electrons. The molecule has 3 aromatic carbocycles. The van der Waals surface area contributed by atoms with E-state index in [1.807, 2.05) is 51.1 Å². The van der Waals surface area contributed by atoms with Crippen LogP contribution < -0.4 is 9.62 Å². The first-order chi connectivity index (χ1) is 18.4. The van der Waals surface area contributed by atoms with Gasteiger partial charge in [0.25, 0.3) is 10.0 Å². The predicted molar refractivity (Wildman–Crippen MR) is 159 cm³/mol. The van der Waals surface area contributed by atoms with Crippen molar-refractivity contribution in [2.75, 3.05) is 10.8 Å². The molecule has 0 saturated carbocycles. The van der Waals surface area contributed by atoms with E-state index in [4.69, 9.17) is 0 Å². The minimum Gasteiger partial charge on any atom is -0.352 e. The number of amides is 2. The summed E-state index contributed by atoms with van der Waals surface area (Å²) < 4.78 is 29.9. The van der Waals surface area contributed by atoms with Crippen LogP contribution in [-0.4, -0.2) is 43.8 Å². The number of nitrogens with zero attached hydrogens (tertiary/aromatic N) is 2. The quantitative estimate of drug-likeness (QED) is 0.305. The van der Waals surface area contributed by atoms with Gasteiger partial charge in [0.2, 0.25) is 11.8 Å². The van der Waals surface area contributed by atoms with E-state index in [0.717, 1.165) is 26.3 Å². The largest absolute Gasteiger partial charge is 0.352 e. The molecule has 0 heterocycles. The maximum atomic E-state index is 14.0. The van der Waals surface area contributed by atoms with Crippen molar-refractivity contribution < 1.29 is 18.0 Å². The molecule has 0 aliphatic rings. The molecule has 9 heteroatoms. The normalized spacial score (nSPS) is 12.9. The lowest BCUT2D eigenvalue weighted by atomic mass is 10.1. The molecule has 39 heavy (non-hydrogen) atoms. The first-order valence-electron chi connectivity index (χ1n) is 12.9. The Morgan fingerprint density at radius 3 is 2.13 bits per heavy atom. The molecule has 0 saturated heterocycles. The molecule has 2 atom stereocenters. The number of hydrogen-bond acceptors (Lipinski definition) is 4. The summed E-state index contributed by atoms with van der Waals surface area (Å²) in [6.07, 6.45) is 0.745. The average molecular weight is 615 g/mol. The van der Waals surface area contributed by atoms with Gasteiger partial charge in [0, 0.05) is 17.1 Å². The lowest BCUT2D eigenvalue weighted by Gasteiger charge is -2.33. The van der Waals surface area contributed by atoms with Gasteiger partial charge in [-0.25, -0.2) is 8.42 Å². The summed E-state index contributed by atoms with van der Waals surface area (Å²) in [6, 6.07) is 20.2. The third kappa shape index (κ3) is 7.70. The highest BCUT2D eigenvalue weighted by molar-refractivity contribution is 9.10. The Hall–Kier alpha value is -3.17. The van der Waals surface area contributed by atoms with Crippen molar-refractivity contribution in [3.63, 3.8) is 0 Å². The van der Waals surface area contributed by atoms with Crippen LogP contribution in [0.15, 0.2) is 82.2 Å². The second-order valence-electron chi connectivity index (χ2n) is 9.75. The van der Waals surface area contributed by atoms with Gasteiger partial charge >= 0.3 is 0 Å². The summed E-state index contributed by atoms with van der Waals surface area (Å²) in [6.45, 7) is 8.91. The number of rotatable bonds is 11. The smallest absolute Gasteiger partial charge is 0.264 e. The summed E-state index contributed by atoms with van der Waals surface area (Å²) in [4.78, 5) is 28.6. The Labute approximate surface area is 240 Å². The Kier molecular flexibility index (Phi) is 10.3. The van der Waals surface area contributed by atoms with E-state index in [-0.39, 0.29) is 23.4 Å². The Morgan fingerprint density at radius 1 is 0.923 bits per heavy atom. The molecule has 208 valence electrons. The van der Waals surface area contributed by atoms with E-state index >= 15 is 0 Å². The highest BCUT2D eigenvalue weighted by Gasteiger charge is 2.33. The lowest BCUT2D eigenvalue weighted by molar-refractivity contribution is -0.139. The van der Waals surface area contributed by atoms with E-state index in [1.54, 1.807) is 56.3 Å². The molecule has 0 aliphatic heterocycles. The van der Waals surface area contributed by atoms with E-state index in [9.17, 15) is 18.0 Å². The van der Waals surface area contributed by atoms with E-state index in [0.29, 0.717) is 11.3 Å². The molecule has 0 unspecified atom stereocenters. The fourth-order valence-electron chi connectivity index (χ4n) is 4.03. The maximum Gasteiger partial charge on any atom is 0.264 e. The Morgan fingerprint density at radius 2 is 1.54 bits per heavy atom. The van der Waals surface area contributed by atoms with Gasteiger partial charge in [0.1, 0.15) is 12.6 Å². The van der Waals surface area contributed by atoms with Gasteiger partial charge in [-0.1, -0.05) is 70.9 Å². The van der Waals surface area contributed by atoms with Gasteiger partial charge < -0.3 is 10.2 Å². The number of nitrogens with one attached hydrogen (secondary N) is 1. The fraction of sp³-hybridized carbons (Fsp3) is 0.333. The number of anilines is 1. The molecule has 0 spiro atoms. The van der Waals surface area contributed by atoms with Crippen LogP contribution in [0.5, 0.6) is 0 Å². The van der Waals surface area contributed by atoms with E-state index in [2.05, 4.69) is 21.2 Å². The first-order valence-corrected chi connectivity index (χ1v) is 15.2. The second kappa shape index (κ2) is 13.3. The van der Waals surface area contributed by atoms with Crippen molar-refractivity contribution in [3.8, 4) is 0 Å². The van der Waals surface area contributed by atoms with Gasteiger partial charge in [0.05, 0.1) is 10.6 Å². The number of sulfonamides is 1. The molecule has 3 aromatic rings. The molecule has 1 N–H and O–H groups in total. The topological polar surface area (TPSA) is 86.8 Å². The monoisotopic (exact) mass is 613 g/mol. The predicted octanol–water partition coefficient (Wildman–Crippen LogP) is 5.59. The summed E-state index contributed by atoms with van der Waals surface area (Å²) in [5.74, 6) is -0.776. The van der Waals surface area contributed by atoms with Gasteiger partial charge in [0.15, 0.2) is 0 Å². The van der Waals surface area contributed by atoms with E-state index in [1.165, 1.54) is 4.90 Å². The molecular weight excluding hydrogens is 578 g/mol. The number of hydrogen-bond donors (Lipinski definition) is 1. The average Bonchev–Trinajstić information content (AvgIpc) is 2.91. The highest BCUT2D eigenvalue weighted by atomic mass is 79.9. The number of carbonyl (C=O) groups excluding carboxylic acids is 2. The molecule has 7 nitrogen and oxygen atoms in total. The van der Waals surface area contributed by atoms with Crippen LogP contribution in [-0.2, 0) is 26.2 Å². The Bertz CT molecular complexity index is 1390. The van der Waals surface area contributed by atoms with Crippen molar-refractivity contribution in [1.82, 2.24) is 10.2 Å². The maximum absolute atomic E-state index is 14.0. The van der Waals surface area contributed by atoms with Gasteiger partial charge in [-0.05, 0) is 75.6 Å². The lowest BCUT2D eigenvalue weighted by Crippen LogP contribution is -2.52. The summed E-state index contributed by atoms with van der Waals surface area (Å²) in [5, 5.41) is 2.94. The fourth-order valence-corrected chi connectivity index (χ4v) is 5.77. The molecule has 0 bridgehead atoms. The first kappa shape index (κ1) is 30.4. The van der Waals surface area contributed by atoms with Crippen molar-refractivity contribution in [1.29, 1.82) is 0 Å². The zero-order valence-corrected chi connectivity index (χ0v) is 25.4. The molecule has 2 amide bonds. The van der Waals surface area contributed by atoms with Crippen LogP contribution in [0.25, 0.3) is 0 Å². The number of aryl methyl sites for hydroxylation is 2. The third-order valence-electron chi connectivity index (χ3n) is 6.71. The minimum absolute atomic E-state index is 0.0602. The summed E-state index contributed by atoms with van der Waals surface area (Å²) in [5.41, 5.74) is 2.86. The minimum atomic E-state index is -4.09. The molecule has 0 aliphatic carbocycles. The molecule has 0 aromatic heterocycles. The van der Waals surface area contributed by atoms with Crippen LogP contribution in [0.1, 0.15) is 43.9 Å². The second-order valence-corrected chi connectivity index (χ2v) is 12.5. The SMILES string of the molecule is CC[C@@H](C)NC(=O)[C@H](C)N(Cc1ccc(Br)cc1)C(=O)CN(c1ccccc1C)S(=O)(=O)c1ccc(C)cc1. The number of carbonyl (C=O) groups is 2. The van der Waals surface area contributed by atoms with Gasteiger partial charge in [-0.2, -0.15) is 0 Å². The molecule has 3 rings (SSSR count). The zero-order chi connectivity index (χ0) is 28.7. The van der Waals surface area contributed by atoms with Crippen LogP contribution >= 0.6 is 15.9 Å². The zero-order valence-electron chi connectivity index (χ0n) is 23.0. The van der Waals surface area contributed by atoms with Crippen molar-refractivity contribution in [3.05, 3.63) is 94.0 Å². The number of para-hydroxylation sites is 1. The third-order valence-corrected chi connectivity index (χ3v) is 9.01. The highest BCUT2D eigenvalue weighted by Crippen LogP contribution is 2.27. The van der Waals surface area contributed by atoms with Crippen LogP contribution in [0.2, 0.25) is 0 Å². The molecular formula is C30H36BrN3O4S. The van der Waals surface area contributed by atoms with E-state index < -0.39 is 28.5 Å². The van der Waals surface area contributed by atoms with Gasteiger partial charge in [-0.15, -0.1) is 0 Å². The standard InChI is InChI=1S/C30H36BrN3O4S/c1-6-23(4)32-30(36)24(5)33(19-25-13-15-26(31)16-14-25)29(35)20-34(28-10-8-7-9-22(28)3)39(37,38)27-17-11-21(2)12-18-27/h7-18,23-24H,6,19-20H2,1-5H3,(H,32,36)/t23-,24+/m1/s1. The van der Waals surface area contributed by atoms with Crippen LogP contribution in [0.4, 0.5) is 5.69 Å².